The van der Waals surface area contributed by atoms with Gasteiger partial charge in [-0.15, -0.1) is 12.4 Å². The molecular formula is C14H27ClN2O. The molecule has 0 spiro atoms. The molecular weight excluding hydrogens is 248 g/mol. The lowest BCUT2D eigenvalue weighted by Gasteiger charge is -2.19. The van der Waals surface area contributed by atoms with Crippen LogP contribution < -0.4 is 11.1 Å². The van der Waals surface area contributed by atoms with Gasteiger partial charge in [0.2, 0.25) is 5.91 Å². The number of halogens is 1. The summed E-state index contributed by atoms with van der Waals surface area (Å²) in [5.74, 6) is 1.28. The minimum absolute atomic E-state index is 0. The lowest BCUT2D eigenvalue weighted by atomic mass is 10.0. The van der Waals surface area contributed by atoms with Crippen LogP contribution in [0.4, 0.5) is 0 Å². The highest BCUT2D eigenvalue weighted by Gasteiger charge is 2.29. The fourth-order valence-corrected chi connectivity index (χ4v) is 3.21. The Hall–Kier alpha value is -0.280. The fraction of sp³-hybridized carbons (Fsp3) is 0.929. The van der Waals surface area contributed by atoms with Gasteiger partial charge >= 0.3 is 0 Å². The third-order valence-corrected chi connectivity index (χ3v) is 4.45. The van der Waals surface area contributed by atoms with E-state index >= 15 is 0 Å². The van der Waals surface area contributed by atoms with Gasteiger partial charge in [-0.05, 0) is 44.4 Å². The van der Waals surface area contributed by atoms with Crippen LogP contribution >= 0.6 is 12.4 Å². The van der Waals surface area contributed by atoms with Crippen LogP contribution in [-0.2, 0) is 4.79 Å². The molecule has 4 heteroatoms. The molecule has 18 heavy (non-hydrogen) atoms. The number of nitrogens with two attached hydrogens (primary N) is 1. The topological polar surface area (TPSA) is 55.1 Å². The van der Waals surface area contributed by atoms with Crippen molar-refractivity contribution in [3.05, 3.63) is 0 Å². The Labute approximate surface area is 117 Å². The van der Waals surface area contributed by atoms with Crippen molar-refractivity contribution >= 4 is 18.3 Å². The highest BCUT2D eigenvalue weighted by Crippen LogP contribution is 2.26. The van der Waals surface area contributed by atoms with Gasteiger partial charge in [0.05, 0.1) is 0 Å². The average molecular weight is 275 g/mol. The Morgan fingerprint density at radius 2 is 1.89 bits per heavy atom. The van der Waals surface area contributed by atoms with E-state index in [1.807, 2.05) is 0 Å². The van der Waals surface area contributed by atoms with Crippen LogP contribution in [0.5, 0.6) is 0 Å². The summed E-state index contributed by atoms with van der Waals surface area (Å²) in [6.07, 6.45) is 9.04. The van der Waals surface area contributed by atoms with Crippen molar-refractivity contribution in [2.45, 2.75) is 70.4 Å². The molecule has 0 radical (unpaired) electrons. The van der Waals surface area contributed by atoms with Crippen LogP contribution in [0.2, 0.25) is 0 Å². The number of hydrogen-bond donors (Lipinski definition) is 2. The molecule has 3 N–H and O–H groups in total. The summed E-state index contributed by atoms with van der Waals surface area (Å²) >= 11 is 0. The highest BCUT2D eigenvalue weighted by molar-refractivity contribution is 5.85. The third kappa shape index (κ3) is 4.43. The van der Waals surface area contributed by atoms with Gasteiger partial charge in [-0.25, -0.2) is 0 Å². The summed E-state index contributed by atoms with van der Waals surface area (Å²) < 4.78 is 0. The van der Waals surface area contributed by atoms with Crippen molar-refractivity contribution in [1.82, 2.24) is 5.32 Å². The Balaban J connectivity index is 0.00000162. The van der Waals surface area contributed by atoms with E-state index < -0.39 is 0 Å². The molecule has 3 nitrogen and oxygen atoms in total. The number of amides is 1. The summed E-state index contributed by atoms with van der Waals surface area (Å²) in [6, 6.07) is 0.671. The smallest absolute Gasteiger partial charge is 0.223 e. The Morgan fingerprint density at radius 3 is 2.56 bits per heavy atom. The van der Waals surface area contributed by atoms with Crippen LogP contribution in [0.25, 0.3) is 0 Å². The predicted molar refractivity (Wildman–Crippen MR) is 76.7 cm³/mol. The number of hydrogen-bond acceptors (Lipinski definition) is 2. The van der Waals surface area contributed by atoms with Crippen LogP contribution in [0.15, 0.2) is 0 Å². The van der Waals surface area contributed by atoms with Gasteiger partial charge in [0.1, 0.15) is 0 Å². The van der Waals surface area contributed by atoms with Crippen LogP contribution in [0.3, 0.4) is 0 Å². The van der Waals surface area contributed by atoms with E-state index in [1.54, 1.807) is 0 Å². The summed E-state index contributed by atoms with van der Waals surface area (Å²) in [5, 5.41) is 3.25. The molecule has 2 rings (SSSR count). The van der Waals surface area contributed by atoms with Crippen LogP contribution in [0.1, 0.15) is 58.3 Å². The zero-order valence-corrected chi connectivity index (χ0v) is 12.2. The molecule has 1 amide bonds. The number of nitrogens with one attached hydrogen (secondary N) is 1. The molecule has 4 unspecified atom stereocenters. The molecule has 0 aromatic carbocycles. The van der Waals surface area contributed by atoms with E-state index in [2.05, 4.69) is 12.2 Å². The summed E-state index contributed by atoms with van der Waals surface area (Å²) in [5.41, 5.74) is 5.86. The standard InChI is InChI=1S/C14H26N2O.ClH/c1-10-3-2-4-13(8-5-10)16-14(17)11-6-7-12(15)9-11;/h10-13H,2-9,15H2,1H3,(H,16,17);1H. The zero-order chi connectivity index (χ0) is 12.3. The molecule has 2 aliphatic carbocycles. The number of rotatable bonds is 2. The number of carbonyl (C=O) groups excluding carboxylic acids is 1. The van der Waals surface area contributed by atoms with Gasteiger partial charge in [-0.2, -0.15) is 0 Å². The molecule has 0 heterocycles. The van der Waals surface area contributed by atoms with Crippen LogP contribution in [-0.4, -0.2) is 18.0 Å². The molecule has 2 fully saturated rings. The largest absolute Gasteiger partial charge is 0.353 e. The average Bonchev–Trinajstić information content (AvgIpc) is 2.62. The van der Waals surface area contributed by atoms with E-state index in [-0.39, 0.29) is 30.3 Å². The van der Waals surface area contributed by atoms with E-state index in [0.717, 1.165) is 38.0 Å². The molecule has 106 valence electrons. The minimum atomic E-state index is 0. The molecule has 0 aliphatic heterocycles. The normalized spacial score (nSPS) is 36.6. The zero-order valence-electron chi connectivity index (χ0n) is 11.4. The first kappa shape index (κ1) is 15.8. The highest BCUT2D eigenvalue weighted by atomic mass is 35.5. The van der Waals surface area contributed by atoms with Gasteiger partial charge < -0.3 is 11.1 Å². The van der Waals surface area contributed by atoms with Gasteiger partial charge in [-0.3, -0.25) is 4.79 Å². The van der Waals surface area contributed by atoms with E-state index in [0.29, 0.717) is 6.04 Å². The van der Waals surface area contributed by atoms with Crippen molar-refractivity contribution in [2.75, 3.05) is 0 Å². The van der Waals surface area contributed by atoms with E-state index in [1.165, 1.54) is 19.3 Å². The SMILES string of the molecule is CC1CCCC(NC(=O)C2CCC(N)C2)CC1.Cl. The van der Waals surface area contributed by atoms with Gasteiger partial charge in [0.25, 0.3) is 0 Å². The van der Waals surface area contributed by atoms with Crippen molar-refractivity contribution in [3.63, 3.8) is 0 Å². The molecule has 0 aromatic rings. The molecule has 0 saturated heterocycles. The molecule has 2 aliphatic rings. The first-order valence-corrected chi connectivity index (χ1v) is 7.21. The molecule has 0 bridgehead atoms. The van der Waals surface area contributed by atoms with Crippen molar-refractivity contribution in [3.8, 4) is 0 Å². The third-order valence-electron chi connectivity index (χ3n) is 4.45. The maximum atomic E-state index is 12.1. The Bertz CT molecular complexity index is 273. The fourth-order valence-electron chi connectivity index (χ4n) is 3.21. The number of carbonyl (C=O) groups is 1. The van der Waals surface area contributed by atoms with Crippen molar-refractivity contribution in [2.24, 2.45) is 17.6 Å². The van der Waals surface area contributed by atoms with Gasteiger partial charge in [-0.1, -0.05) is 19.8 Å². The second-order valence-electron chi connectivity index (χ2n) is 6.09. The first-order valence-electron chi connectivity index (χ1n) is 7.21. The summed E-state index contributed by atoms with van der Waals surface area (Å²) in [4.78, 5) is 12.1. The predicted octanol–water partition coefficient (Wildman–Crippen LogP) is 2.62. The van der Waals surface area contributed by atoms with Gasteiger partial charge in [0, 0.05) is 18.0 Å². The van der Waals surface area contributed by atoms with Crippen LogP contribution in [0, 0.1) is 11.8 Å². The second kappa shape index (κ2) is 7.34. The minimum Gasteiger partial charge on any atom is -0.353 e. The molecule has 0 aromatic heterocycles. The summed E-state index contributed by atoms with van der Waals surface area (Å²) in [6.45, 7) is 2.32. The van der Waals surface area contributed by atoms with Crippen molar-refractivity contribution < 1.29 is 4.79 Å². The lowest BCUT2D eigenvalue weighted by Crippen LogP contribution is -2.38. The molecule has 2 saturated carbocycles. The van der Waals surface area contributed by atoms with E-state index in [4.69, 9.17) is 5.73 Å². The maximum Gasteiger partial charge on any atom is 0.223 e. The summed E-state index contributed by atoms with van der Waals surface area (Å²) in [7, 11) is 0. The second-order valence-corrected chi connectivity index (χ2v) is 6.09. The quantitative estimate of drug-likeness (QED) is 0.761. The van der Waals surface area contributed by atoms with Gasteiger partial charge in [0.15, 0.2) is 0 Å². The maximum absolute atomic E-state index is 12.1. The van der Waals surface area contributed by atoms with Crippen molar-refractivity contribution in [1.29, 1.82) is 0 Å². The van der Waals surface area contributed by atoms with E-state index in [9.17, 15) is 4.79 Å². The molecule has 4 atom stereocenters. The first-order chi connectivity index (χ1) is 8.15. The Kier molecular flexibility index (Phi) is 6.44. The monoisotopic (exact) mass is 274 g/mol. The lowest BCUT2D eigenvalue weighted by molar-refractivity contribution is -0.125. The Morgan fingerprint density at radius 1 is 1.11 bits per heavy atom.